The molecule has 0 amide bonds. The highest BCUT2D eigenvalue weighted by molar-refractivity contribution is 7.80. The molecule has 0 aliphatic carbocycles. The second kappa shape index (κ2) is 8.76. The van der Waals surface area contributed by atoms with E-state index >= 15 is 0 Å². The summed E-state index contributed by atoms with van der Waals surface area (Å²) in [6.07, 6.45) is 0.417. The van der Waals surface area contributed by atoms with Crippen molar-refractivity contribution in [3.63, 3.8) is 0 Å². The molecule has 118 valence electrons. The minimum Gasteiger partial charge on any atom is -0.494 e. The predicted octanol–water partition coefficient (Wildman–Crippen LogP) is 3.64. The summed E-state index contributed by atoms with van der Waals surface area (Å²) in [5.74, 6) is 0.870. The Morgan fingerprint density at radius 1 is 1.09 bits per heavy atom. The van der Waals surface area contributed by atoms with Crippen LogP contribution in [-0.4, -0.2) is 11.7 Å². The number of rotatable bonds is 6. The highest BCUT2D eigenvalue weighted by atomic mass is 32.1. The van der Waals surface area contributed by atoms with E-state index in [9.17, 15) is 0 Å². The SMILES string of the molecule is CCOc1ccc(CNC(=S)Nc2ccc(CC#N)cc2)cc1. The summed E-state index contributed by atoms with van der Waals surface area (Å²) in [5, 5.41) is 15.5. The molecule has 0 unspecified atom stereocenters. The molecule has 4 nitrogen and oxygen atoms in total. The number of hydrogen-bond acceptors (Lipinski definition) is 3. The standard InChI is InChI=1S/C18H19N3OS/c1-2-22-17-9-5-15(6-10-17)13-20-18(23)21-16-7-3-14(4-8-16)11-12-19/h3-10H,2,11,13H2,1H3,(H2,20,21,23). The average molecular weight is 325 g/mol. The second-order valence-electron chi connectivity index (χ2n) is 4.92. The molecule has 23 heavy (non-hydrogen) atoms. The van der Waals surface area contributed by atoms with Crippen LogP contribution in [0.3, 0.4) is 0 Å². The predicted molar refractivity (Wildman–Crippen MR) is 96.4 cm³/mol. The van der Waals surface area contributed by atoms with Crippen LogP contribution < -0.4 is 15.4 Å². The molecule has 0 saturated heterocycles. The Morgan fingerprint density at radius 2 is 1.74 bits per heavy atom. The Balaban J connectivity index is 1.81. The Morgan fingerprint density at radius 3 is 2.35 bits per heavy atom. The average Bonchev–Trinajstić information content (AvgIpc) is 2.57. The number of benzene rings is 2. The van der Waals surface area contributed by atoms with Gasteiger partial charge < -0.3 is 15.4 Å². The zero-order valence-corrected chi connectivity index (χ0v) is 13.8. The van der Waals surface area contributed by atoms with E-state index < -0.39 is 0 Å². The molecule has 5 heteroatoms. The van der Waals surface area contributed by atoms with E-state index in [0.29, 0.717) is 24.7 Å². The van der Waals surface area contributed by atoms with Crippen LogP contribution in [0.1, 0.15) is 18.1 Å². The maximum absolute atomic E-state index is 8.66. The van der Waals surface area contributed by atoms with E-state index in [1.807, 2.05) is 55.5 Å². The molecule has 0 heterocycles. The summed E-state index contributed by atoms with van der Waals surface area (Å²) in [6.45, 7) is 3.27. The summed E-state index contributed by atoms with van der Waals surface area (Å²) in [6, 6.07) is 17.7. The minimum atomic E-state index is 0.417. The lowest BCUT2D eigenvalue weighted by Crippen LogP contribution is -2.27. The lowest BCUT2D eigenvalue weighted by Gasteiger charge is -2.11. The van der Waals surface area contributed by atoms with Crippen LogP contribution in [0, 0.1) is 11.3 Å². The topological polar surface area (TPSA) is 57.1 Å². The number of nitrogens with zero attached hydrogens (tertiary/aromatic N) is 1. The Kier molecular flexibility index (Phi) is 6.40. The van der Waals surface area contributed by atoms with Crippen molar-refractivity contribution in [3.8, 4) is 11.8 Å². The highest BCUT2D eigenvalue weighted by Crippen LogP contribution is 2.12. The van der Waals surface area contributed by atoms with Crippen molar-refractivity contribution in [1.29, 1.82) is 5.26 Å². The van der Waals surface area contributed by atoms with Gasteiger partial charge in [-0.05, 0) is 54.5 Å². The summed E-state index contributed by atoms with van der Waals surface area (Å²) >= 11 is 5.29. The number of nitriles is 1. The summed E-state index contributed by atoms with van der Waals surface area (Å²) < 4.78 is 5.41. The van der Waals surface area contributed by atoms with E-state index in [1.54, 1.807) is 0 Å². The van der Waals surface area contributed by atoms with Crippen LogP contribution in [0.25, 0.3) is 0 Å². The van der Waals surface area contributed by atoms with Crippen molar-refractivity contribution in [1.82, 2.24) is 5.32 Å². The first-order valence-electron chi connectivity index (χ1n) is 7.43. The molecule has 0 spiro atoms. The van der Waals surface area contributed by atoms with Gasteiger partial charge in [0.2, 0.25) is 0 Å². The normalized spacial score (nSPS) is 9.74. The lowest BCUT2D eigenvalue weighted by molar-refractivity contribution is 0.340. The van der Waals surface area contributed by atoms with Gasteiger partial charge in [0.1, 0.15) is 5.75 Å². The van der Waals surface area contributed by atoms with Gasteiger partial charge in [0, 0.05) is 12.2 Å². The maximum Gasteiger partial charge on any atom is 0.171 e. The molecule has 0 aromatic heterocycles. The first-order chi connectivity index (χ1) is 11.2. The molecule has 0 aliphatic rings. The minimum absolute atomic E-state index is 0.417. The Bertz CT molecular complexity index is 675. The number of anilines is 1. The van der Waals surface area contributed by atoms with Gasteiger partial charge >= 0.3 is 0 Å². The molecule has 2 aromatic carbocycles. The molecule has 0 aliphatic heterocycles. The molecular formula is C18H19N3OS. The van der Waals surface area contributed by atoms with Gasteiger partial charge in [-0.15, -0.1) is 0 Å². The Hall–Kier alpha value is -2.58. The molecule has 2 rings (SSSR count). The third-order valence-corrected chi connectivity index (χ3v) is 3.43. The number of ether oxygens (including phenoxy) is 1. The lowest BCUT2D eigenvalue weighted by atomic mass is 10.1. The van der Waals surface area contributed by atoms with E-state index in [0.717, 1.165) is 22.6 Å². The van der Waals surface area contributed by atoms with Gasteiger partial charge in [0.25, 0.3) is 0 Å². The first kappa shape index (κ1) is 16.8. The largest absolute Gasteiger partial charge is 0.494 e. The first-order valence-corrected chi connectivity index (χ1v) is 7.84. The van der Waals surface area contributed by atoms with E-state index in [1.165, 1.54) is 0 Å². The monoisotopic (exact) mass is 325 g/mol. The summed E-state index contributed by atoms with van der Waals surface area (Å²) in [5.41, 5.74) is 3.02. The van der Waals surface area contributed by atoms with Gasteiger partial charge in [-0.1, -0.05) is 24.3 Å². The van der Waals surface area contributed by atoms with Crippen LogP contribution in [0.4, 0.5) is 5.69 Å². The van der Waals surface area contributed by atoms with Gasteiger partial charge in [-0.25, -0.2) is 0 Å². The summed E-state index contributed by atoms with van der Waals surface area (Å²) in [7, 11) is 0. The van der Waals surface area contributed by atoms with E-state index in [-0.39, 0.29) is 0 Å². The quantitative estimate of drug-likeness (QED) is 0.794. The van der Waals surface area contributed by atoms with Crippen LogP contribution >= 0.6 is 12.2 Å². The smallest absolute Gasteiger partial charge is 0.171 e. The fourth-order valence-corrected chi connectivity index (χ4v) is 2.22. The molecule has 0 saturated carbocycles. The van der Waals surface area contributed by atoms with Crippen molar-refractivity contribution in [3.05, 3.63) is 59.7 Å². The van der Waals surface area contributed by atoms with Crippen LogP contribution in [0.5, 0.6) is 5.75 Å². The zero-order valence-electron chi connectivity index (χ0n) is 13.0. The van der Waals surface area contributed by atoms with Gasteiger partial charge in [0.15, 0.2) is 5.11 Å². The highest BCUT2D eigenvalue weighted by Gasteiger charge is 2.00. The van der Waals surface area contributed by atoms with Crippen molar-refractivity contribution < 1.29 is 4.74 Å². The fourth-order valence-electron chi connectivity index (χ4n) is 2.03. The fraction of sp³-hybridized carbons (Fsp3) is 0.222. The molecule has 0 fully saturated rings. The van der Waals surface area contributed by atoms with Crippen molar-refractivity contribution in [2.45, 2.75) is 19.9 Å². The van der Waals surface area contributed by atoms with Gasteiger partial charge in [0.05, 0.1) is 19.1 Å². The van der Waals surface area contributed by atoms with Crippen molar-refractivity contribution in [2.24, 2.45) is 0 Å². The zero-order chi connectivity index (χ0) is 16.5. The molecule has 0 bridgehead atoms. The number of hydrogen-bond donors (Lipinski definition) is 2. The van der Waals surface area contributed by atoms with Crippen LogP contribution in [0.15, 0.2) is 48.5 Å². The molecule has 2 N–H and O–H groups in total. The van der Waals surface area contributed by atoms with Crippen molar-refractivity contribution in [2.75, 3.05) is 11.9 Å². The molecule has 2 aromatic rings. The third kappa shape index (κ3) is 5.61. The number of thiocarbonyl (C=S) groups is 1. The van der Waals surface area contributed by atoms with E-state index in [4.69, 9.17) is 22.2 Å². The van der Waals surface area contributed by atoms with Crippen LogP contribution in [-0.2, 0) is 13.0 Å². The number of nitrogens with one attached hydrogen (secondary N) is 2. The molecule has 0 atom stereocenters. The van der Waals surface area contributed by atoms with E-state index in [2.05, 4.69) is 16.7 Å². The maximum atomic E-state index is 8.66. The third-order valence-electron chi connectivity index (χ3n) is 3.18. The Labute approximate surface area is 142 Å². The molecule has 0 radical (unpaired) electrons. The van der Waals surface area contributed by atoms with Crippen molar-refractivity contribution >= 4 is 23.0 Å². The van der Waals surface area contributed by atoms with Gasteiger partial charge in [-0.2, -0.15) is 5.26 Å². The van der Waals surface area contributed by atoms with Crippen LogP contribution in [0.2, 0.25) is 0 Å². The molecular weight excluding hydrogens is 306 g/mol. The second-order valence-corrected chi connectivity index (χ2v) is 5.32. The van der Waals surface area contributed by atoms with Gasteiger partial charge in [-0.3, -0.25) is 0 Å². The summed E-state index contributed by atoms with van der Waals surface area (Å²) in [4.78, 5) is 0.